The Morgan fingerprint density at radius 1 is 1.00 bits per heavy atom. The highest BCUT2D eigenvalue weighted by Gasteiger charge is 2.41. The second-order valence-electron chi connectivity index (χ2n) is 6.97. The molecule has 3 aliphatic rings. The van der Waals surface area contributed by atoms with Crippen LogP contribution >= 0.6 is 0 Å². The summed E-state index contributed by atoms with van der Waals surface area (Å²) in [5.41, 5.74) is 0.797. The smallest absolute Gasteiger partial charge is 0.261 e. The van der Waals surface area contributed by atoms with E-state index < -0.39 is 10.0 Å². The molecule has 1 aromatic carbocycles. The van der Waals surface area contributed by atoms with Crippen molar-refractivity contribution >= 4 is 21.8 Å². The molecule has 25 heavy (non-hydrogen) atoms. The summed E-state index contributed by atoms with van der Waals surface area (Å²) in [4.78, 5) is 25.7. The van der Waals surface area contributed by atoms with Crippen molar-refractivity contribution in [3.8, 4) is 0 Å². The van der Waals surface area contributed by atoms with Gasteiger partial charge >= 0.3 is 0 Å². The molecular weight excluding hydrogens is 342 g/mol. The molecule has 0 unspecified atom stereocenters. The van der Waals surface area contributed by atoms with Crippen LogP contribution in [0.3, 0.4) is 0 Å². The zero-order valence-electron chi connectivity index (χ0n) is 13.8. The Kier molecular flexibility index (Phi) is 4.13. The Morgan fingerprint density at radius 2 is 1.56 bits per heavy atom. The summed E-state index contributed by atoms with van der Waals surface area (Å²) in [6.45, 7) is 3.05. The fourth-order valence-electron chi connectivity index (χ4n) is 4.02. The third-order valence-electron chi connectivity index (χ3n) is 5.41. The summed E-state index contributed by atoms with van der Waals surface area (Å²) in [5.74, 6) is 0.115. The molecule has 134 valence electrons. The first-order valence-electron chi connectivity index (χ1n) is 8.61. The van der Waals surface area contributed by atoms with Gasteiger partial charge in [-0.15, -0.1) is 0 Å². The lowest BCUT2D eigenvalue weighted by Crippen LogP contribution is -2.36. The van der Waals surface area contributed by atoms with Crippen LogP contribution in [-0.4, -0.2) is 67.9 Å². The highest BCUT2D eigenvalue weighted by molar-refractivity contribution is 7.89. The van der Waals surface area contributed by atoms with Gasteiger partial charge in [-0.05, 0) is 43.5 Å². The monoisotopic (exact) mass is 363 g/mol. The van der Waals surface area contributed by atoms with Crippen LogP contribution < -0.4 is 5.32 Å². The van der Waals surface area contributed by atoms with Crippen LogP contribution in [0.15, 0.2) is 24.3 Å². The van der Waals surface area contributed by atoms with E-state index in [2.05, 4.69) is 5.32 Å². The number of imide groups is 1. The molecule has 0 radical (unpaired) electrons. The second-order valence-corrected chi connectivity index (χ2v) is 9.06. The van der Waals surface area contributed by atoms with Crippen molar-refractivity contribution in [2.45, 2.75) is 6.42 Å². The highest BCUT2D eigenvalue weighted by Crippen LogP contribution is 2.29. The van der Waals surface area contributed by atoms with Crippen molar-refractivity contribution in [2.24, 2.45) is 11.8 Å². The molecule has 4 rings (SSSR count). The Morgan fingerprint density at radius 3 is 2.12 bits per heavy atom. The summed E-state index contributed by atoms with van der Waals surface area (Å²) in [7, 11) is -3.34. The molecule has 3 heterocycles. The van der Waals surface area contributed by atoms with Crippen LogP contribution in [0.25, 0.3) is 0 Å². The van der Waals surface area contributed by atoms with E-state index in [0.29, 0.717) is 36.1 Å². The van der Waals surface area contributed by atoms with Crippen molar-refractivity contribution in [3.63, 3.8) is 0 Å². The van der Waals surface area contributed by atoms with Crippen LogP contribution in [0.4, 0.5) is 0 Å². The summed E-state index contributed by atoms with van der Waals surface area (Å²) in [5, 5.41) is 3.29. The molecule has 1 aromatic rings. The topological polar surface area (TPSA) is 86.8 Å². The summed E-state index contributed by atoms with van der Waals surface area (Å²) in [6, 6.07) is 6.70. The molecule has 2 atom stereocenters. The van der Waals surface area contributed by atoms with Crippen molar-refractivity contribution in [2.75, 3.05) is 38.5 Å². The standard InChI is InChI=1S/C17H21N3O4S/c21-16-14-4-1-2-5-15(14)17(22)20(16)6-3-7-25(23,24)19-10-12-8-18-9-13(12)11-19/h1-2,4-5,12-13,18H,3,6-11H2/t12-,13+. The minimum Gasteiger partial charge on any atom is -0.316 e. The molecule has 2 amide bonds. The number of fused-ring (bicyclic) bond motifs is 2. The zero-order valence-corrected chi connectivity index (χ0v) is 14.7. The lowest BCUT2D eigenvalue weighted by Gasteiger charge is -2.19. The van der Waals surface area contributed by atoms with Crippen LogP contribution in [0.5, 0.6) is 0 Å². The molecule has 2 saturated heterocycles. The van der Waals surface area contributed by atoms with Gasteiger partial charge in [-0.1, -0.05) is 12.1 Å². The Balaban J connectivity index is 1.35. The maximum Gasteiger partial charge on any atom is 0.261 e. The molecule has 7 nitrogen and oxygen atoms in total. The molecule has 0 aliphatic carbocycles. The SMILES string of the molecule is O=C1c2ccccc2C(=O)N1CCCS(=O)(=O)N1C[C@H]2CNC[C@H]2C1. The average molecular weight is 363 g/mol. The van der Waals surface area contributed by atoms with E-state index >= 15 is 0 Å². The van der Waals surface area contributed by atoms with Gasteiger partial charge in [0.15, 0.2) is 0 Å². The quantitative estimate of drug-likeness (QED) is 0.753. The number of carbonyl (C=O) groups excluding carboxylic acids is 2. The predicted molar refractivity (Wildman–Crippen MR) is 91.6 cm³/mol. The Bertz CT molecular complexity index is 776. The molecule has 2 fully saturated rings. The van der Waals surface area contributed by atoms with Crippen molar-refractivity contribution in [3.05, 3.63) is 35.4 Å². The number of nitrogens with one attached hydrogen (secondary N) is 1. The summed E-state index contributed by atoms with van der Waals surface area (Å²) in [6.07, 6.45) is 0.262. The van der Waals surface area contributed by atoms with Gasteiger partial charge in [0, 0.05) is 19.6 Å². The number of rotatable bonds is 5. The van der Waals surface area contributed by atoms with E-state index in [1.165, 1.54) is 0 Å². The van der Waals surface area contributed by atoms with Gasteiger partial charge in [0.2, 0.25) is 10.0 Å². The number of carbonyl (C=O) groups is 2. The zero-order chi connectivity index (χ0) is 17.6. The predicted octanol–water partition coefficient (Wildman–Crippen LogP) is 0.154. The number of amides is 2. The highest BCUT2D eigenvalue weighted by atomic mass is 32.2. The van der Waals surface area contributed by atoms with Crippen molar-refractivity contribution < 1.29 is 18.0 Å². The van der Waals surface area contributed by atoms with E-state index in [1.54, 1.807) is 28.6 Å². The van der Waals surface area contributed by atoms with Gasteiger partial charge in [0.25, 0.3) is 11.8 Å². The van der Waals surface area contributed by atoms with E-state index in [0.717, 1.165) is 18.0 Å². The molecule has 0 saturated carbocycles. The molecule has 0 aromatic heterocycles. The third-order valence-corrected chi connectivity index (χ3v) is 7.30. The number of hydrogen-bond acceptors (Lipinski definition) is 5. The first kappa shape index (κ1) is 16.7. The van der Waals surface area contributed by atoms with Crippen LogP contribution in [-0.2, 0) is 10.0 Å². The second kappa shape index (κ2) is 6.19. The van der Waals surface area contributed by atoms with Gasteiger partial charge < -0.3 is 5.32 Å². The van der Waals surface area contributed by atoms with Gasteiger partial charge in [-0.25, -0.2) is 12.7 Å². The number of sulfonamides is 1. The third kappa shape index (κ3) is 2.88. The fourth-order valence-corrected chi connectivity index (χ4v) is 5.61. The van der Waals surface area contributed by atoms with Crippen LogP contribution in [0.1, 0.15) is 27.1 Å². The lowest BCUT2D eigenvalue weighted by molar-refractivity contribution is 0.0654. The van der Waals surface area contributed by atoms with Crippen LogP contribution in [0, 0.1) is 11.8 Å². The summed E-state index contributed by atoms with van der Waals surface area (Å²) >= 11 is 0. The van der Waals surface area contributed by atoms with Crippen LogP contribution in [0.2, 0.25) is 0 Å². The average Bonchev–Trinajstić information content (AvgIpc) is 3.24. The number of hydrogen-bond donors (Lipinski definition) is 1. The number of benzene rings is 1. The maximum atomic E-state index is 12.5. The lowest BCUT2D eigenvalue weighted by atomic mass is 10.0. The Labute approximate surface area is 147 Å². The maximum absolute atomic E-state index is 12.5. The molecular formula is C17H21N3O4S. The first-order valence-corrected chi connectivity index (χ1v) is 10.2. The summed E-state index contributed by atoms with van der Waals surface area (Å²) < 4.78 is 26.6. The molecule has 0 spiro atoms. The minimum absolute atomic E-state index is 0.0345. The van der Waals surface area contributed by atoms with E-state index in [-0.39, 0.29) is 30.5 Å². The fraction of sp³-hybridized carbons (Fsp3) is 0.529. The van der Waals surface area contributed by atoms with Crippen molar-refractivity contribution in [1.82, 2.24) is 14.5 Å². The molecule has 3 aliphatic heterocycles. The normalized spacial score (nSPS) is 26.3. The van der Waals surface area contributed by atoms with Crippen molar-refractivity contribution in [1.29, 1.82) is 0 Å². The van der Waals surface area contributed by atoms with Gasteiger partial charge in [-0.3, -0.25) is 14.5 Å². The molecule has 0 bridgehead atoms. The number of nitrogens with zero attached hydrogens (tertiary/aromatic N) is 2. The van der Waals surface area contributed by atoms with Gasteiger partial charge in [-0.2, -0.15) is 0 Å². The van der Waals surface area contributed by atoms with E-state index in [9.17, 15) is 18.0 Å². The Hall–Kier alpha value is -1.77. The first-order chi connectivity index (χ1) is 12.0. The van der Waals surface area contributed by atoms with Gasteiger partial charge in [0.1, 0.15) is 0 Å². The van der Waals surface area contributed by atoms with Gasteiger partial charge in [0.05, 0.1) is 16.9 Å². The van der Waals surface area contributed by atoms with E-state index in [4.69, 9.17) is 0 Å². The molecule has 1 N–H and O–H groups in total. The molecule has 8 heteroatoms. The van der Waals surface area contributed by atoms with E-state index in [1.807, 2.05) is 0 Å². The minimum atomic E-state index is -3.34. The largest absolute Gasteiger partial charge is 0.316 e.